The summed E-state index contributed by atoms with van der Waals surface area (Å²) in [5.74, 6) is 0.894. The second-order valence-electron chi connectivity index (χ2n) is 10.3. The third-order valence-electron chi connectivity index (χ3n) is 7.49. The molecule has 1 aliphatic rings. The Morgan fingerprint density at radius 3 is 2.15 bits per heavy atom. The number of aromatic hydroxyl groups is 2. The molecule has 39 heavy (non-hydrogen) atoms. The Bertz CT molecular complexity index is 981. The van der Waals surface area contributed by atoms with Gasteiger partial charge >= 0.3 is 0 Å². The Kier molecular flexibility index (Phi) is 12.5. The van der Waals surface area contributed by atoms with Crippen LogP contribution in [0.15, 0.2) is 30.3 Å². The normalized spacial score (nSPS) is 16.4. The smallest absolute Gasteiger partial charge is 0.200 e. The number of phenols is 2. The molecule has 0 heterocycles. The number of aryl methyl sites for hydroxylation is 1. The van der Waals surface area contributed by atoms with E-state index in [9.17, 15) is 25.5 Å². The topological polar surface area (TPSA) is 138 Å². The Morgan fingerprint density at radius 1 is 0.872 bits per heavy atom. The molecule has 5 N–H and O–H groups in total. The molecule has 9 heteroatoms. The van der Waals surface area contributed by atoms with Crippen molar-refractivity contribution in [1.29, 1.82) is 0 Å². The minimum Gasteiger partial charge on any atom is -0.504 e. The molecule has 1 fully saturated rings. The largest absolute Gasteiger partial charge is 0.504 e. The lowest BCUT2D eigenvalue weighted by molar-refractivity contribution is -0.0921. The van der Waals surface area contributed by atoms with Crippen LogP contribution >= 0.6 is 0 Å². The van der Waals surface area contributed by atoms with E-state index in [1.165, 1.54) is 20.6 Å². The molecule has 3 rings (SSSR count). The number of rotatable bonds is 16. The summed E-state index contributed by atoms with van der Waals surface area (Å²) in [6, 6.07) is 8.70. The molecule has 3 atom stereocenters. The molecule has 1 saturated carbocycles. The van der Waals surface area contributed by atoms with E-state index in [2.05, 4.69) is 0 Å². The molecule has 218 valence electrons. The van der Waals surface area contributed by atoms with E-state index in [0.717, 1.165) is 36.8 Å². The first-order valence-corrected chi connectivity index (χ1v) is 13.8. The highest BCUT2D eigenvalue weighted by molar-refractivity contribution is 5.52. The molecule has 0 amide bonds. The minimum atomic E-state index is -0.737. The SMILES string of the molecule is COc1cc(CCC(O)CC(OCO)C(CCO)Cc2ccc(O)c(OC3CCCCC3)c2)cc(OC)c1O. The minimum absolute atomic E-state index is 0.0668. The molecule has 0 bridgehead atoms. The second-order valence-corrected chi connectivity index (χ2v) is 10.3. The van der Waals surface area contributed by atoms with Crippen LogP contribution in [0.5, 0.6) is 28.7 Å². The zero-order valence-corrected chi connectivity index (χ0v) is 23.1. The summed E-state index contributed by atoms with van der Waals surface area (Å²) in [6.45, 7) is -0.569. The van der Waals surface area contributed by atoms with Gasteiger partial charge in [0.05, 0.1) is 32.5 Å². The highest BCUT2D eigenvalue weighted by Crippen LogP contribution is 2.38. The van der Waals surface area contributed by atoms with Crippen LogP contribution in [0.2, 0.25) is 0 Å². The van der Waals surface area contributed by atoms with Crippen molar-refractivity contribution in [3.8, 4) is 28.7 Å². The van der Waals surface area contributed by atoms with Crippen molar-refractivity contribution in [3.05, 3.63) is 41.5 Å². The van der Waals surface area contributed by atoms with Crippen LogP contribution in [0.25, 0.3) is 0 Å². The summed E-state index contributed by atoms with van der Waals surface area (Å²) in [5.41, 5.74) is 1.75. The summed E-state index contributed by atoms with van der Waals surface area (Å²) in [4.78, 5) is 0. The van der Waals surface area contributed by atoms with E-state index in [0.29, 0.717) is 42.9 Å². The number of aliphatic hydroxyl groups excluding tert-OH is 3. The van der Waals surface area contributed by atoms with E-state index in [1.807, 2.05) is 12.1 Å². The first-order chi connectivity index (χ1) is 18.9. The van der Waals surface area contributed by atoms with Gasteiger partial charge in [0.25, 0.3) is 0 Å². The lowest BCUT2D eigenvalue weighted by Crippen LogP contribution is -2.31. The average molecular weight is 549 g/mol. The maximum absolute atomic E-state index is 10.9. The molecule has 2 aromatic rings. The van der Waals surface area contributed by atoms with Gasteiger partial charge in [-0.25, -0.2) is 0 Å². The Balaban J connectivity index is 1.66. The van der Waals surface area contributed by atoms with Gasteiger partial charge in [0.15, 0.2) is 23.0 Å². The van der Waals surface area contributed by atoms with Gasteiger partial charge in [-0.15, -0.1) is 0 Å². The summed E-state index contributed by atoms with van der Waals surface area (Å²) in [5, 5.41) is 50.7. The van der Waals surface area contributed by atoms with Gasteiger partial charge in [0, 0.05) is 6.61 Å². The number of hydrogen-bond donors (Lipinski definition) is 5. The number of benzene rings is 2. The van der Waals surface area contributed by atoms with Crippen molar-refractivity contribution in [2.75, 3.05) is 27.6 Å². The lowest BCUT2D eigenvalue weighted by atomic mass is 9.87. The van der Waals surface area contributed by atoms with Crippen LogP contribution in [0.4, 0.5) is 0 Å². The van der Waals surface area contributed by atoms with E-state index in [1.54, 1.807) is 18.2 Å². The van der Waals surface area contributed by atoms with Gasteiger partial charge in [-0.05, 0) is 99.1 Å². The van der Waals surface area contributed by atoms with Crippen molar-refractivity contribution < 1.29 is 44.5 Å². The van der Waals surface area contributed by atoms with Crippen LogP contribution in [0, 0.1) is 5.92 Å². The molecule has 0 aromatic heterocycles. The first kappa shape index (κ1) is 30.8. The van der Waals surface area contributed by atoms with Crippen molar-refractivity contribution >= 4 is 0 Å². The molecular weight excluding hydrogens is 504 g/mol. The fourth-order valence-electron chi connectivity index (χ4n) is 5.33. The van der Waals surface area contributed by atoms with Gasteiger partial charge in [0.1, 0.15) is 6.79 Å². The third-order valence-corrected chi connectivity index (χ3v) is 7.49. The highest BCUT2D eigenvalue weighted by Gasteiger charge is 2.26. The molecule has 0 spiro atoms. The van der Waals surface area contributed by atoms with Gasteiger partial charge < -0.3 is 44.5 Å². The summed E-state index contributed by atoms with van der Waals surface area (Å²) in [6.07, 6.45) is 6.39. The standard InChI is InChI=1S/C30H44O9/c1-36-28-16-21(17-29(37-2)30(28)35)8-10-23(33)18-26(38-19-32)22(12-13-31)14-20-9-11-25(34)27(15-20)39-24-6-4-3-5-7-24/h9,11,15-17,22-24,26,31-35H,3-8,10,12-14,18-19H2,1-2H3. The van der Waals surface area contributed by atoms with Gasteiger partial charge in [-0.3, -0.25) is 0 Å². The molecule has 9 nitrogen and oxygen atoms in total. The second kappa shape index (κ2) is 15.8. The quantitative estimate of drug-likeness (QED) is 0.196. The maximum Gasteiger partial charge on any atom is 0.200 e. The average Bonchev–Trinajstić information content (AvgIpc) is 2.94. The van der Waals surface area contributed by atoms with Crippen molar-refractivity contribution in [2.45, 2.75) is 82.5 Å². The lowest BCUT2D eigenvalue weighted by Gasteiger charge is -2.29. The Morgan fingerprint density at radius 2 is 1.54 bits per heavy atom. The zero-order chi connectivity index (χ0) is 28.2. The predicted molar refractivity (Wildman–Crippen MR) is 147 cm³/mol. The van der Waals surface area contributed by atoms with Crippen LogP contribution in [-0.4, -0.2) is 71.5 Å². The van der Waals surface area contributed by atoms with Crippen molar-refractivity contribution in [1.82, 2.24) is 0 Å². The van der Waals surface area contributed by atoms with Crippen LogP contribution in [0.1, 0.15) is 62.5 Å². The number of ether oxygens (including phenoxy) is 4. The third kappa shape index (κ3) is 9.17. The Hall–Kier alpha value is -2.72. The summed E-state index contributed by atoms with van der Waals surface area (Å²) < 4.78 is 22.2. The summed E-state index contributed by atoms with van der Waals surface area (Å²) >= 11 is 0. The molecule has 1 aliphatic carbocycles. The molecule has 0 aliphatic heterocycles. The van der Waals surface area contributed by atoms with Crippen LogP contribution < -0.4 is 14.2 Å². The van der Waals surface area contributed by atoms with Crippen LogP contribution in [-0.2, 0) is 17.6 Å². The number of methoxy groups -OCH3 is 2. The number of aliphatic hydroxyl groups is 3. The van der Waals surface area contributed by atoms with Crippen molar-refractivity contribution in [2.24, 2.45) is 5.92 Å². The number of phenolic OH excluding ortho intramolecular Hbond substituents is 2. The molecule has 2 aromatic carbocycles. The monoisotopic (exact) mass is 548 g/mol. The highest BCUT2D eigenvalue weighted by atomic mass is 16.6. The van der Waals surface area contributed by atoms with E-state index < -0.39 is 19.0 Å². The van der Waals surface area contributed by atoms with Gasteiger partial charge in [0.2, 0.25) is 5.75 Å². The van der Waals surface area contributed by atoms with Gasteiger partial charge in [-0.1, -0.05) is 12.5 Å². The summed E-state index contributed by atoms with van der Waals surface area (Å²) in [7, 11) is 2.93. The zero-order valence-electron chi connectivity index (χ0n) is 23.1. The molecule has 0 radical (unpaired) electrons. The van der Waals surface area contributed by atoms with E-state index in [4.69, 9.17) is 18.9 Å². The van der Waals surface area contributed by atoms with E-state index >= 15 is 0 Å². The van der Waals surface area contributed by atoms with Gasteiger partial charge in [-0.2, -0.15) is 0 Å². The van der Waals surface area contributed by atoms with Crippen molar-refractivity contribution in [3.63, 3.8) is 0 Å². The molecular formula is C30H44O9. The van der Waals surface area contributed by atoms with Crippen LogP contribution in [0.3, 0.4) is 0 Å². The van der Waals surface area contributed by atoms with E-state index in [-0.39, 0.29) is 36.5 Å². The first-order valence-electron chi connectivity index (χ1n) is 13.8. The number of hydrogen-bond acceptors (Lipinski definition) is 9. The fourth-order valence-corrected chi connectivity index (χ4v) is 5.33. The Labute approximate surface area is 230 Å². The maximum atomic E-state index is 10.9. The predicted octanol–water partition coefficient (Wildman–Crippen LogP) is 4.09. The molecule has 0 saturated heterocycles. The fraction of sp³-hybridized carbons (Fsp3) is 0.600. The molecule has 3 unspecified atom stereocenters.